The summed E-state index contributed by atoms with van der Waals surface area (Å²) < 4.78 is 5.53. The molecule has 1 aromatic carbocycles. The van der Waals surface area contributed by atoms with E-state index in [0.29, 0.717) is 24.6 Å². The number of carbonyl (C=O) groups is 1. The van der Waals surface area contributed by atoms with Crippen molar-refractivity contribution in [3.05, 3.63) is 48.4 Å². The highest BCUT2D eigenvalue weighted by atomic mass is 16.3. The van der Waals surface area contributed by atoms with Crippen LogP contribution in [0.4, 0.5) is 0 Å². The van der Waals surface area contributed by atoms with Crippen molar-refractivity contribution in [1.82, 2.24) is 9.88 Å². The van der Waals surface area contributed by atoms with E-state index in [2.05, 4.69) is 11.6 Å². The molecular formula is C16H18N2O2. The van der Waals surface area contributed by atoms with Crippen LogP contribution in [0.5, 0.6) is 0 Å². The van der Waals surface area contributed by atoms with E-state index >= 15 is 0 Å². The number of aromatic nitrogens is 1. The highest BCUT2D eigenvalue weighted by Crippen LogP contribution is 2.15. The van der Waals surface area contributed by atoms with Crippen molar-refractivity contribution >= 4 is 23.1 Å². The number of hydrogen-bond donors (Lipinski definition) is 0. The van der Waals surface area contributed by atoms with Crippen molar-refractivity contribution in [2.75, 3.05) is 13.1 Å². The Balaban J connectivity index is 2.11. The largest absolute Gasteiger partial charge is 0.437 e. The van der Waals surface area contributed by atoms with E-state index in [9.17, 15) is 4.79 Å². The van der Waals surface area contributed by atoms with Crippen molar-refractivity contribution in [1.29, 1.82) is 0 Å². The number of fused-ring (bicyclic) bond motifs is 1. The third-order valence-electron chi connectivity index (χ3n) is 2.83. The van der Waals surface area contributed by atoms with Crippen molar-refractivity contribution in [2.45, 2.75) is 13.8 Å². The summed E-state index contributed by atoms with van der Waals surface area (Å²) in [5.74, 6) is 0.365. The molecule has 4 nitrogen and oxygen atoms in total. The molecule has 0 aliphatic rings. The number of oxazole rings is 1. The van der Waals surface area contributed by atoms with Gasteiger partial charge < -0.3 is 9.32 Å². The van der Waals surface area contributed by atoms with E-state index in [-0.39, 0.29) is 5.91 Å². The summed E-state index contributed by atoms with van der Waals surface area (Å²) in [5.41, 5.74) is 2.46. The SMILES string of the molecule is C=C(C)CN(CC)C(=O)/C=C/c1nc2ccccc2o1. The highest BCUT2D eigenvalue weighted by molar-refractivity contribution is 5.91. The quantitative estimate of drug-likeness (QED) is 0.619. The normalized spacial score (nSPS) is 11.1. The summed E-state index contributed by atoms with van der Waals surface area (Å²) in [7, 11) is 0. The molecule has 104 valence electrons. The second-order valence-electron chi connectivity index (χ2n) is 4.66. The Morgan fingerprint density at radius 2 is 2.20 bits per heavy atom. The van der Waals surface area contributed by atoms with Gasteiger partial charge >= 0.3 is 0 Å². The van der Waals surface area contributed by atoms with Gasteiger partial charge in [0.2, 0.25) is 11.8 Å². The van der Waals surface area contributed by atoms with E-state index in [4.69, 9.17) is 4.42 Å². The summed E-state index contributed by atoms with van der Waals surface area (Å²) in [6.45, 7) is 8.87. The molecule has 0 spiro atoms. The molecule has 0 saturated heterocycles. The first-order valence-corrected chi connectivity index (χ1v) is 6.57. The molecular weight excluding hydrogens is 252 g/mol. The van der Waals surface area contributed by atoms with Gasteiger partial charge in [0.15, 0.2) is 5.58 Å². The highest BCUT2D eigenvalue weighted by Gasteiger charge is 2.08. The van der Waals surface area contributed by atoms with Crippen LogP contribution in [-0.4, -0.2) is 28.9 Å². The number of para-hydroxylation sites is 2. The minimum Gasteiger partial charge on any atom is -0.437 e. The molecule has 0 aliphatic heterocycles. The van der Waals surface area contributed by atoms with Crippen LogP contribution in [-0.2, 0) is 4.79 Å². The molecule has 0 unspecified atom stereocenters. The average molecular weight is 270 g/mol. The monoisotopic (exact) mass is 270 g/mol. The maximum absolute atomic E-state index is 12.0. The van der Waals surface area contributed by atoms with Crippen LogP contribution < -0.4 is 0 Å². The zero-order chi connectivity index (χ0) is 14.5. The van der Waals surface area contributed by atoms with Gasteiger partial charge in [-0.3, -0.25) is 4.79 Å². The van der Waals surface area contributed by atoms with Gasteiger partial charge in [0.05, 0.1) is 0 Å². The number of nitrogens with zero attached hydrogens (tertiary/aromatic N) is 2. The molecule has 2 rings (SSSR count). The van der Waals surface area contributed by atoms with Crippen molar-refractivity contribution in [3.63, 3.8) is 0 Å². The zero-order valence-electron chi connectivity index (χ0n) is 11.8. The van der Waals surface area contributed by atoms with E-state index in [1.807, 2.05) is 38.1 Å². The molecule has 0 saturated carbocycles. The van der Waals surface area contributed by atoms with E-state index < -0.39 is 0 Å². The number of hydrogen-bond acceptors (Lipinski definition) is 3. The van der Waals surface area contributed by atoms with Gasteiger partial charge in [-0.15, -0.1) is 0 Å². The Bertz CT molecular complexity index is 622. The first-order chi connectivity index (χ1) is 9.60. The lowest BCUT2D eigenvalue weighted by Gasteiger charge is -2.18. The fourth-order valence-electron chi connectivity index (χ4n) is 1.88. The lowest BCUT2D eigenvalue weighted by Crippen LogP contribution is -2.30. The smallest absolute Gasteiger partial charge is 0.247 e. The Morgan fingerprint density at radius 1 is 1.45 bits per heavy atom. The van der Waals surface area contributed by atoms with Gasteiger partial charge in [0, 0.05) is 25.2 Å². The minimum absolute atomic E-state index is 0.0715. The molecule has 0 fully saturated rings. The summed E-state index contributed by atoms with van der Waals surface area (Å²) in [4.78, 5) is 18.0. The average Bonchev–Trinajstić information content (AvgIpc) is 2.84. The molecule has 1 amide bonds. The summed E-state index contributed by atoms with van der Waals surface area (Å²) in [5, 5.41) is 0. The van der Waals surface area contributed by atoms with E-state index in [1.165, 1.54) is 6.08 Å². The molecule has 4 heteroatoms. The topological polar surface area (TPSA) is 46.3 Å². The van der Waals surface area contributed by atoms with Crippen LogP contribution in [0, 0.1) is 0 Å². The minimum atomic E-state index is -0.0715. The van der Waals surface area contributed by atoms with Gasteiger partial charge in [-0.25, -0.2) is 4.98 Å². The van der Waals surface area contributed by atoms with Gasteiger partial charge in [0.25, 0.3) is 0 Å². The number of amides is 1. The standard InChI is InChI=1S/C16H18N2O2/c1-4-18(11-12(2)3)16(19)10-9-15-17-13-7-5-6-8-14(13)20-15/h5-10H,2,4,11H2,1,3H3/b10-9+. The molecule has 0 N–H and O–H groups in total. The molecule has 1 aromatic heterocycles. The van der Waals surface area contributed by atoms with Crippen LogP contribution in [0.1, 0.15) is 19.7 Å². The maximum atomic E-state index is 12.0. The Hall–Kier alpha value is -2.36. The predicted octanol–water partition coefficient (Wildman–Crippen LogP) is 3.27. The first-order valence-electron chi connectivity index (χ1n) is 6.57. The molecule has 0 atom stereocenters. The second-order valence-corrected chi connectivity index (χ2v) is 4.66. The molecule has 0 aliphatic carbocycles. The fourth-order valence-corrected chi connectivity index (χ4v) is 1.88. The summed E-state index contributed by atoms with van der Waals surface area (Å²) in [6, 6.07) is 7.51. The Morgan fingerprint density at radius 3 is 2.85 bits per heavy atom. The summed E-state index contributed by atoms with van der Waals surface area (Å²) in [6.07, 6.45) is 3.08. The molecule has 20 heavy (non-hydrogen) atoms. The maximum Gasteiger partial charge on any atom is 0.247 e. The van der Waals surface area contributed by atoms with Crippen molar-refractivity contribution < 1.29 is 9.21 Å². The third kappa shape index (κ3) is 3.35. The van der Waals surface area contributed by atoms with E-state index in [1.54, 1.807) is 11.0 Å². The van der Waals surface area contributed by atoms with Crippen LogP contribution in [0.2, 0.25) is 0 Å². The molecule has 0 radical (unpaired) electrons. The van der Waals surface area contributed by atoms with Crippen LogP contribution >= 0.6 is 0 Å². The number of benzene rings is 1. The second kappa shape index (κ2) is 6.19. The third-order valence-corrected chi connectivity index (χ3v) is 2.83. The molecule has 1 heterocycles. The Kier molecular flexibility index (Phi) is 4.35. The summed E-state index contributed by atoms with van der Waals surface area (Å²) >= 11 is 0. The Labute approximate surface area is 118 Å². The predicted molar refractivity (Wildman–Crippen MR) is 80.1 cm³/mol. The van der Waals surface area contributed by atoms with Crippen molar-refractivity contribution in [2.24, 2.45) is 0 Å². The van der Waals surface area contributed by atoms with Gasteiger partial charge in [0.1, 0.15) is 5.52 Å². The zero-order valence-corrected chi connectivity index (χ0v) is 11.8. The van der Waals surface area contributed by atoms with Gasteiger partial charge in [-0.1, -0.05) is 24.3 Å². The number of likely N-dealkylation sites (N-methyl/N-ethyl adjacent to an activating group) is 1. The fraction of sp³-hybridized carbons (Fsp3) is 0.250. The van der Waals surface area contributed by atoms with Crippen LogP contribution in [0.3, 0.4) is 0 Å². The van der Waals surface area contributed by atoms with Crippen LogP contribution in [0.15, 0.2) is 46.9 Å². The van der Waals surface area contributed by atoms with Gasteiger partial charge in [-0.05, 0) is 26.0 Å². The molecule has 2 aromatic rings. The number of rotatable bonds is 5. The van der Waals surface area contributed by atoms with Gasteiger partial charge in [-0.2, -0.15) is 0 Å². The first kappa shape index (κ1) is 14.1. The van der Waals surface area contributed by atoms with E-state index in [0.717, 1.165) is 11.1 Å². The lowest BCUT2D eigenvalue weighted by atomic mass is 10.3. The van der Waals surface area contributed by atoms with Crippen molar-refractivity contribution in [3.8, 4) is 0 Å². The van der Waals surface area contributed by atoms with Crippen LogP contribution in [0.25, 0.3) is 17.2 Å². The molecule has 0 bridgehead atoms. The lowest BCUT2D eigenvalue weighted by molar-refractivity contribution is -0.125. The number of carbonyl (C=O) groups excluding carboxylic acids is 1.